The van der Waals surface area contributed by atoms with Crippen LogP contribution in [0.3, 0.4) is 0 Å². The van der Waals surface area contributed by atoms with E-state index in [4.69, 9.17) is 4.52 Å². The fourth-order valence-electron chi connectivity index (χ4n) is 3.49. The summed E-state index contributed by atoms with van der Waals surface area (Å²) in [7, 11) is 0. The SMILES string of the molecule is Cc1noc(C)c1CCC(=O)N1CCC(Cn2ccnc2C)CC1. The number of rotatable bonds is 5. The summed E-state index contributed by atoms with van der Waals surface area (Å²) in [5, 5.41) is 3.95. The van der Waals surface area contributed by atoms with Crippen molar-refractivity contribution in [2.45, 2.75) is 53.0 Å². The molecule has 1 aliphatic rings. The second-order valence-electron chi connectivity index (χ2n) is 6.75. The maximum Gasteiger partial charge on any atom is 0.222 e. The molecule has 6 nitrogen and oxygen atoms in total. The first kappa shape index (κ1) is 16.7. The van der Waals surface area contributed by atoms with Gasteiger partial charge in [-0.05, 0) is 46.0 Å². The standard InChI is InChI=1S/C18H26N4O2/c1-13-17(14(2)24-20-13)4-5-18(23)21-9-6-16(7-10-21)12-22-11-8-19-15(22)3/h8,11,16H,4-7,9-10,12H2,1-3H3. The molecule has 0 aromatic carbocycles. The van der Waals surface area contributed by atoms with Crippen LogP contribution in [-0.4, -0.2) is 38.6 Å². The summed E-state index contributed by atoms with van der Waals surface area (Å²) < 4.78 is 7.37. The van der Waals surface area contributed by atoms with Crippen molar-refractivity contribution in [3.8, 4) is 0 Å². The van der Waals surface area contributed by atoms with E-state index in [-0.39, 0.29) is 5.91 Å². The molecule has 0 atom stereocenters. The topological polar surface area (TPSA) is 64.2 Å². The van der Waals surface area contributed by atoms with Gasteiger partial charge in [-0.25, -0.2) is 4.98 Å². The second-order valence-corrected chi connectivity index (χ2v) is 6.75. The number of imidazole rings is 1. The number of piperidine rings is 1. The van der Waals surface area contributed by atoms with Crippen LogP contribution < -0.4 is 0 Å². The van der Waals surface area contributed by atoms with E-state index in [1.807, 2.05) is 38.1 Å². The van der Waals surface area contributed by atoms with Crippen molar-refractivity contribution in [2.75, 3.05) is 13.1 Å². The average Bonchev–Trinajstić information content (AvgIpc) is 3.12. The van der Waals surface area contributed by atoms with Gasteiger partial charge >= 0.3 is 0 Å². The summed E-state index contributed by atoms with van der Waals surface area (Å²) in [6.45, 7) is 8.60. The normalized spacial score (nSPS) is 15.9. The lowest BCUT2D eigenvalue weighted by Crippen LogP contribution is -2.39. The van der Waals surface area contributed by atoms with Crippen LogP contribution in [0.15, 0.2) is 16.9 Å². The lowest BCUT2D eigenvalue weighted by molar-refractivity contribution is -0.132. The first-order valence-corrected chi connectivity index (χ1v) is 8.72. The van der Waals surface area contributed by atoms with Crippen molar-refractivity contribution < 1.29 is 9.32 Å². The Kier molecular flexibility index (Phi) is 5.02. The van der Waals surface area contributed by atoms with Crippen LogP contribution in [0.4, 0.5) is 0 Å². The van der Waals surface area contributed by atoms with Gasteiger partial charge in [0.05, 0.1) is 5.69 Å². The molecule has 0 spiro atoms. The lowest BCUT2D eigenvalue weighted by Gasteiger charge is -2.32. The molecule has 6 heteroatoms. The van der Waals surface area contributed by atoms with Gasteiger partial charge in [0.1, 0.15) is 11.6 Å². The molecule has 1 saturated heterocycles. The van der Waals surface area contributed by atoms with Crippen molar-refractivity contribution in [3.63, 3.8) is 0 Å². The third-order valence-corrected chi connectivity index (χ3v) is 5.12. The molecule has 0 aliphatic carbocycles. The fourth-order valence-corrected chi connectivity index (χ4v) is 3.49. The zero-order valence-electron chi connectivity index (χ0n) is 14.8. The van der Waals surface area contributed by atoms with E-state index in [1.165, 1.54) is 0 Å². The molecule has 2 aromatic rings. The summed E-state index contributed by atoms with van der Waals surface area (Å²) in [6, 6.07) is 0. The van der Waals surface area contributed by atoms with E-state index >= 15 is 0 Å². The molecule has 130 valence electrons. The van der Waals surface area contributed by atoms with Crippen molar-refractivity contribution in [3.05, 3.63) is 35.2 Å². The van der Waals surface area contributed by atoms with Gasteiger partial charge in [0.2, 0.25) is 5.91 Å². The van der Waals surface area contributed by atoms with Gasteiger partial charge in [0, 0.05) is 44.0 Å². The predicted molar refractivity (Wildman–Crippen MR) is 90.6 cm³/mol. The van der Waals surface area contributed by atoms with Crippen LogP contribution in [0.1, 0.15) is 42.1 Å². The summed E-state index contributed by atoms with van der Waals surface area (Å²) in [5.41, 5.74) is 1.98. The number of hydrogen-bond donors (Lipinski definition) is 0. The highest BCUT2D eigenvalue weighted by atomic mass is 16.5. The average molecular weight is 330 g/mol. The minimum atomic E-state index is 0.243. The van der Waals surface area contributed by atoms with Crippen LogP contribution in [0.5, 0.6) is 0 Å². The molecule has 1 fully saturated rings. The number of nitrogens with zero attached hydrogens (tertiary/aromatic N) is 4. The maximum absolute atomic E-state index is 12.5. The molecule has 24 heavy (non-hydrogen) atoms. The zero-order chi connectivity index (χ0) is 17.1. The van der Waals surface area contributed by atoms with Gasteiger partial charge in [-0.15, -0.1) is 0 Å². The Balaban J connectivity index is 1.46. The molecule has 2 aromatic heterocycles. The number of aromatic nitrogens is 3. The smallest absolute Gasteiger partial charge is 0.222 e. The highest BCUT2D eigenvalue weighted by Gasteiger charge is 2.23. The van der Waals surface area contributed by atoms with Crippen molar-refractivity contribution in [2.24, 2.45) is 5.92 Å². The molecule has 0 unspecified atom stereocenters. The Morgan fingerprint density at radius 1 is 1.29 bits per heavy atom. The number of amides is 1. The Morgan fingerprint density at radius 2 is 2.04 bits per heavy atom. The van der Waals surface area contributed by atoms with Gasteiger partial charge < -0.3 is 14.0 Å². The largest absolute Gasteiger partial charge is 0.361 e. The molecule has 3 rings (SSSR count). The number of likely N-dealkylation sites (tertiary alicyclic amines) is 1. The van der Waals surface area contributed by atoms with E-state index in [0.717, 1.165) is 55.3 Å². The van der Waals surface area contributed by atoms with Gasteiger partial charge in [-0.1, -0.05) is 5.16 Å². The first-order chi connectivity index (χ1) is 11.5. The van der Waals surface area contributed by atoms with Crippen molar-refractivity contribution >= 4 is 5.91 Å². The molecule has 0 N–H and O–H groups in total. The Labute approximate surface area is 142 Å². The van der Waals surface area contributed by atoms with E-state index in [0.29, 0.717) is 18.8 Å². The van der Waals surface area contributed by atoms with Crippen LogP contribution in [0, 0.1) is 26.7 Å². The molecule has 3 heterocycles. The molecule has 0 saturated carbocycles. The van der Waals surface area contributed by atoms with Crippen LogP contribution in [0.25, 0.3) is 0 Å². The Hall–Kier alpha value is -2.11. The number of carbonyl (C=O) groups is 1. The molecule has 1 aliphatic heterocycles. The summed E-state index contributed by atoms with van der Waals surface area (Å²) in [5.74, 6) is 2.76. The van der Waals surface area contributed by atoms with Gasteiger partial charge in [-0.2, -0.15) is 0 Å². The number of aryl methyl sites for hydroxylation is 3. The third-order valence-electron chi connectivity index (χ3n) is 5.12. The molecular weight excluding hydrogens is 304 g/mol. The van der Waals surface area contributed by atoms with Gasteiger partial charge in [0.15, 0.2) is 0 Å². The highest BCUT2D eigenvalue weighted by molar-refractivity contribution is 5.76. The van der Waals surface area contributed by atoms with Crippen molar-refractivity contribution in [1.29, 1.82) is 0 Å². The maximum atomic E-state index is 12.5. The second kappa shape index (κ2) is 7.20. The van der Waals surface area contributed by atoms with E-state index in [9.17, 15) is 4.79 Å². The van der Waals surface area contributed by atoms with Crippen LogP contribution in [-0.2, 0) is 17.8 Å². The van der Waals surface area contributed by atoms with E-state index < -0.39 is 0 Å². The minimum absolute atomic E-state index is 0.243. The molecule has 0 radical (unpaired) electrons. The molecular formula is C18H26N4O2. The van der Waals surface area contributed by atoms with Crippen LogP contribution in [0.2, 0.25) is 0 Å². The first-order valence-electron chi connectivity index (χ1n) is 8.72. The predicted octanol–water partition coefficient (Wildman–Crippen LogP) is 2.67. The highest BCUT2D eigenvalue weighted by Crippen LogP contribution is 2.21. The molecule has 0 bridgehead atoms. The number of hydrogen-bond acceptors (Lipinski definition) is 4. The van der Waals surface area contributed by atoms with E-state index in [2.05, 4.69) is 14.7 Å². The van der Waals surface area contributed by atoms with Gasteiger partial charge in [-0.3, -0.25) is 4.79 Å². The number of carbonyl (C=O) groups excluding carboxylic acids is 1. The summed E-state index contributed by atoms with van der Waals surface area (Å²) in [6.07, 6.45) is 7.27. The van der Waals surface area contributed by atoms with Crippen molar-refractivity contribution in [1.82, 2.24) is 19.6 Å². The van der Waals surface area contributed by atoms with Gasteiger partial charge in [0.25, 0.3) is 0 Å². The zero-order valence-corrected chi connectivity index (χ0v) is 14.8. The fraction of sp³-hybridized carbons (Fsp3) is 0.611. The summed E-state index contributed by atoms with van der Waals surface area (Å²) in [4.78, 5) is 18.7. The summed E-state index contributed by atoms with van der Waals surface area (Å²) >= 11 is 0. The quantitative estimate of drug-likeness (QED) is 0.845. The third kappa shape index (κ3) is 3.68. The lowest BCUT2D eigenvalue weighted by atomic mass is 9.96. The Morgan fingerprint density at radius 3 is 2.62 bits per heavy atom. The Bertz CT molecular complexity index is 676. The van der Waals surface area contributed by atoms with Crippen LogP contribution >= 0.6 is 0 Å². The monoisotopic (exact) mass is 330 g/mol. The van der Waals surface area contributed by atoms with E-state index in [1.54, 1.807) is 0 Å². The molecule has 1 amide bonds. The minimum Gasteiger partial charge on any atom is -0.361 e.